The molecule has 10 heteroatoms. The van der Waals surface area contributed by atoms with Gasteiger partial charge in [0.05, 0.1) is 32.3 Å². The lowest BCUT2D eigenvalue weighted by Crippen LogP contribution is -2.43. The van der Waals surface area contributed by atoms with Crippen LogP contribution >= 0.6 is 23.2 Å². The summed E-state index contributed by atoms with van der Waals surface area (Å²) in [6.07, 6.45) is 0. The molecule has 2 aromatic rings. The second-order valence-electron chi connectivity index (χ2n) is 6.74. The highest BCUT2D eigenvalue weighted by atomic mass is 35.5. The van der Waals surface area contributed by atoms with Crippen LogP contribution in [-0.4, -0.2) is 60.4 Å². The molecule has 0 bridgehead atoms. The molecule has 0 saturated carbocycles. The van der Waals surface area contributed by atoms with Crippen molar-refractivity contribution in [2.45, 2.75) is 10.9 Å². The first-order valence-corrected chi connectivity index (χ1v) is 11.6. The molecule has 164 valence electrons. The van der Waals surface area contributed by atoms with Crippen molar-refractivity contribution in [3.8, 4) is 11.5 Å². The van der Waals surface area contributed by atoms with E-state index in [1.54, 1.807) is 14.2 Å². The van der Waals surface area contributed by atoms with Crippen LogP contribution in [0.5, 0.6) is 11.5 Å². The van der Waals surface area contributed by atoms with E-state index >= 15 is 0 Å². The summed E-state index contributed by atoms with van der Waals surface area (Å²) in [5, 5.41) is 0.514. The number of halogens is 2. The number of methoxy groups -OCH3 is 2. The van der Waals surface area contributed by atoms with Gasteiger partial charge in [0.15, 0.2) is 11.5 Å². The summed E-state index contributed by atoms with van der Waals surface area (Å²) in [6.45, 7) is 2.69. The van der Waals surface area contributed by atoms with E-state index in [0.29, 0.717) is 37.8 Å². The van der Waals surface area contributed by atoms with Gasteiger partial charge >= 0.3 is 0 Å². The zero-order valence-corrected chi connectivity index (χ0v) is 19.1. The van der Waals surface area contributed by atoms with Crippen molar-refractivity contribution in [1.82, 2.24) is 9.62 Å². The number of rotatable bonds is 8. The molecule has 1 saturated heterocycles. The van der Waals surface area contributed by atoms with Gasteiger partial charge < -0.3 is 14.2 Å². The first-order valence-electron chi connectivity index (χ1n) is 9.33. The lowest BCUT2D eigenvalue weighted by Gasteiger charge is -2.35. The quantitative estimate of drug-likeness (QED) is 0.631. The van der Waals surface area contributed by atoms with Crippen LogP contribution < -0.4 is 14.2 Å². The maximum Gasteiger partial charge on any atom is 0.240 e. The van der Waals surface area contributed by atoms with Crippen LogP contribution in [0.2, 0.25) is 10.0 Å². The summed E-state index contributed by atoms with van der Waals surface area (Å²) in [5.41, 5.74) is 0.904. The van der Waals surface area contributed by atoms with Gasteiger partial charge in [-0.2, -0.15) is 0 Å². The number of nitrogens with zero attached hydrogens (tertiary/aromatic N) is 1. The van der Waals surface area contributed by atoms with Crippen LogP contribution in [-0.2, 0) is 14.8 Å². The van der Waals surface area contributed by atoms with E-state index in [0.717, 1.165) is 5.56 Å². The van der Waals surface area contributed by atoms with Gasteiger partial charge in [-0.1, -0.05) is 29.3 Å². The fourth-order valence-corrected chi connectivity index (χ4v) is 5.13. The summed E-state index contributed by atoms with van der Waals surface area (Å²) in [4.78, 5) is 2.20. The molecule has 3 rings (SSSR count). The molecule has 1 N–H and O–H groups in total. The van der Waals surface area contributed by atoms with Gasteiger partial charge in [-0.15, -0.1) is 0 Å². The zero-order valence-electron chi connectivity index (χ0n) is 16.7. The van der Waals surface area contributed by atoms with E-state index in [1.807, 2.05) is 18.2 Å². The molecule has 1 atom stereocenters. The Balaban J connectivity index is 1.88. The Bertz CT molecular complexity index is 961. The zero-order chi connectivity index (χ0) is 21.7. The minimum Gasteiger partial charge on any atom is -0.493 e. The van der Waals surface area contributed by atoms with Gasteiger partial charge in [-0.3, -0.25) is 4.90 Å². The van der Waals surface area contributed by atoms with Crippen LogP contribution in [0.25, 0.3) is 0 Å². The van der Waals surface area contributed by atoms with Crippen LogP contribution in [0.3, 0.4) is 0 Å². The van der Waals surface area contributed by atoms with E-state index in [1.165, 1.54) is 18.2 Å². The molecule has 1 aliphatic heterocycles. The van der Waals surface area contributed by atoms with Gasteiger partial charge in [0.2, 0.25) is 10.0 Å². The summed E-state index contributed by atoms with van der Waals surface area (Å²) >= 11 is 11.9. The monoisotopic (exact) mass is 474 g/mol. The number of sulfonamides is 1. The van der Waals surface area contributed by atoms with Gasteiger partial charge in [-0.05, 0) is 35.9 Å². The largest absolute Gasteiger partial charge is 0.493 e. The van der Waals surface area contributed by atoms with Crippen molar-refractivity contribution in [3.63, 3.8) is 0 Å². The van der Waals surface area contributed by atoms with E-state index in [-0.39, 0.29) is 27.5 Å². The van der Waals surface area contributed by atoms with Crippen LogP contribution in [0, 0.1) is 0 Å². The average Bonchev–Trinajstić information content (AvgIpc) is 2.73. The summed E-state index contributed by atoms with van der Waals surface area (Å²) in [7, 11) is -0.671. The number of morpholine rings is 1. The van der Waals surface area contributed by atoms with Crippen LogP contribution in [0.15, 0.2) is 41.3 Å². The Labute approximate surface area is 186 Å². The molecule has 0 aliphatic carbocycles. The normalized spacial score (nSPS) is 16.3. The second kappa shape index (κ2) is 10.2. The van der Waals surface area contributed by atoms with Crippen LogP contribution in [0.4, 0.5) is 0 Å². The Morgan fingerprint density at radius 2 is 1.67 bits per heavy atom. The predicted octanol–water partition coefficient (Wildman–Crippen LogP) is 3.36. The molecule has 1 fully saturated rings. The Morgan fingerprint density at radius 1 is 1.03 bits per heavy atom. The van der Waals surface area contributed by atoms with Crippen molar-refractivity contribution >= 4 is 33.2 Å². The van der Waals surface area contributed by atoms with Crippen molar-refractivity contribution in [3.05, 3.63) is 52.0 Å². The third-order valence-corrected chi connectivity index (χ3v) is 6.73. The predicted molar refractivity (Wildman–Crippen MR) is 116 cm³/mol. The fraction of sp³-hybridized carbons (Fsp3) is 0.400. The highest BCUT2D eigenvalue weighted by Gasteiger charge is 2.26. The molecule has 30 heavy (non-hydrogen) atoms. The standard InChI is InChI=1S/C20H24Cl2N2O5S/c1-27-19-4-3-14(9-20(19)28-2)18(24-5-7-29-8-6-24)13-23-30(25,26)17-11-15(21)10-16(22)12-17/h3-4,9-12,18,23H,5-8,13H2,1-2H3/t18-/m0/s1. The fourth-order valence-electron chi connectivity index (χ4n) is 3.36. The topological polar surface area (TPSA) is 77.1 Å². The molecule has 1 heterocycles. The molecule has 0 spiro atoms. The molecule has 7 nitrogen and oxygen atoms in total. The Morgan fingerprint density at radius 3 is 2.27 bits per heavy atom. The second-order valence-corrected chi connectivity index (χ2v) is 9.38. The lowest BCUT2D eigenvalue weighted by molar-refractivity contribution is 0.0171. The maximum absolute atomic E-state index is 12.9. The Hall–Kier alpha value is -1.55. The average molecular weight is 475 g/mol. The minimum absolute atomic E-state index is 0.0213. The van der Waals surface area contributed by atoms with Gasteiger partial charge in [0, 0.05) is 35.7 Å². The number of nitrogens with one attached hydrogen (secondary N) is 1. The molecule has 0 radical (unpaired) electrons. The molecule has 0 aromatic heterocycles. The highest BCUT2D eigenvalue weighted by Crippen LogP contribution is 2.32. The van der Waals surface area contributed by atoms with Crippen molar-refractivity contribution in [1.29, 1.82) is 0 Å². The smallest absolute Gasteiger partial charge is 0.240 e. The highest BCUT2D eigenvalue weighted by molar-refractivity contribution is 7.89. The third kappa shape index (κ3) is 5.57. The summed E-state index contributed by atoms with van der Waals surface area (Å²) < 4.78 is 44.6. The van der Waals surface area contributed by atoms with E-state index in [4.69, 9.17) is 37.4 Å². The van der Waals surface area contributed by atoms with Gasteiger partial charge in [0.1, 0.15) is 0 Å². The number of ether oxygens (including phenoxy) is 3. The maximum atomic E-state index is 12.9. The molecule has 2 aromatic carbocycles. The van der Waals surface area contributed by atoms with E-state index in [2.05, 4.69) is 9.62 Å². The van der Waals surface area contributed by atoms with Crippen LogP contribution in [0.1, 0.15) is 11.6 Å². The number of hydrogen-bond donors (Lipinski definition) is 1. The SMILES string of the molecule is COc1ccc([C@H](CNS(=O)(=O)c2cc(Cl)cc(Cl)c2)N2CCOCC2)cc1OC. The first-order chi connectivity index (χ1) is 14.3. The van der Waals surface area contributed by atoms with Crippen molar-refractivity contribution < 1.29 is 22.6 Å². The number of benzene rings is 2. The minimum atomic E-state index is -3.81. The van der Waals surface area contributed by atoms with Crippen molar-refractivity contribution in [2.75, 3.05) is 47.1 Å². The summed E-state index contributed by atoms with van der Waals surface area (Å²) in [5.74, 6) is 1.19. The molecule has 0 unspecified atom stereocenters. The lowest BCUT2D eigenvalue weighted by atomic mass is 10.0. The van der Waals surface area contributed by atoms with E-state index in [9.17, 15) is 8.42 Å². The molecule has 0 amide bonds. The third-order valence-electron chi connectivity index (χ3n) is 4.89. The first kappa shape index (κ1) is 23.1. The summed E-state index contributed by atoms with van der Waals surface area (Å²) in [6, 6.07) is 9.59. The van der Waals surface area contributed by atoms with Gasteiger partial charge in [0.25, 0.3) is 0 Å². The molecular weight excluding hydrogens is 451 g/mol. The van der Waals surface area contributed by atoms with Gasteiger partial charge in [-0.25, -0.2) is 13.1 Å². The molecule has 1 aliphatic rings. The van der Waals surface area contributed by atoms with E-state index < -0.39 is 10.0 Å². The van der Waals surface area contributed by atoms with Crippen molar-refractivity contribution in [2.24, 2.45) is 0 Å². The Kier molecular flexibility index (Phi) is 7.84. The molecular formula is C20H24Cl2N2O5S. The number of hydrogen-bond acceptors (Lipinski definition) is 6.